The van der Waals surface area contributed by atoms with Gasteiger partial charge in [0.15, 0.2) is 11.6 Å². The highest BCUT2D eigenvalue weighted by Crippen LogP contribution is 2.37. The number of nitrogen functional groups attached to an aromatic ring is 1. The van der Waals surface area contributed by atoms with Crippen LogP contribution in [-0.4, -0.2) is 83.7 Å². The van der Waals surface area contributed by atoms with Gasteiger partial charge in [0.2, 0.25) is 5.78 Å². The first kappa shape index (κ1) is 32.6. The van der Waals surface area contributed by atoms with Crippen molar-refractivity contribution in [1.29, 1.82) is 0 Å². The number of hydrogen-bond donors (Lipinski definition) is 2. The summed E-state index contributed by atoms with van der Waals surface area (Å²) in [6, 6.07) is 17.6. The Morgan fingerprint density at radius 3 is 2.55 bits per heavy atom. The van der Waals surface area contributed by atoms with Gasteiger partial charge in [-0.15, -0.1) is 0 Å². The van der Waals surface area contributed by atoms with Gasteiger partial charge in [-0.3, -0.25) is 9.69 Å². The molecule has 0 aliphatic carbocycles. The number of H-pyrrole nitrogens is 1. The third-order valence-electron chi connectivity index (χ3n) is 9.29. The number of nitrogens with two attached hydrogens (primary N) is 1. The van der Waals surface area contributed by atoms with E-state index in [1.165, 1.54) is 23.9 Å². The number of nitrogens with zero attached hydrogens (tertiary/aromatic N) is 4. The van der Waals surface area contributed by atoms with Crippen molar-refractivity contribution in [2.45, 2.75) is 38.9 Å². The number of anilines is 2. The number of benzene rings is 3. The summed E-state index contributed by atoms with van der Waals surface area (Å²) in [5.41, 5.74) is 10.1. The average Bonchev–Trinajstić information content (AvgIpc) is 3.72. The van der Waals surface area contributed by atoms with Crippen LogP contribution in [0.25, 0.3) is 16.6 Å². The van der Waals surface area contributed by atoms with Crippen LogP contribution in [0.5, 0.6) is 17.2 Å². The van der Waals surface area contributed by atoms with E-state index in [-0.39, 0.29) is 29.5 Å². The van der Waals surface area contributed by atoms with Crippen LogP contribution < -0.4 is 20.1 Å². The zero-order chi connectivity index (χ0) is 34.1. The molecule has 256 valence electrons. The molecule has 2 aromatic heterocycles. The fraction of sp³-hybridized carbons (Fsp3) is 0.351. The molecule has 0 bridgehead atoms. The number of morpholine rings is 1. The SMILES string of the molecule is Cc1cc(-n2ncc(C(=O)c3cc4cc(OCC(C)F)c(N5CCC(N6CCOCC6)CC5)cc4[nH]3)c2N)ccc1Oc1ccccc1F. The van der Waals surface area contributed by atoms with Gasteiger partial charge in [-0.05, 0) is 80.8 Å². The molecule has 2 fully saturated rings. The number of ketones is 1. The molecule has 3 N–H and O–H groups in total. The standard InChI is InChI=1S/C37H40F2N6O4/c1-23-17-27(7-8-33(23)49-34-6-4-3-5-29(34)39)45-37(40)28(21-41-45)36(46)31-18-25-19-35(48-22-24(2)38)32(20-30(25)42-31)44-11-9-26(10-12-44)43-13-15-47-16-14-43/h3-8,17-21,24,26,42H,9-16,22,40H2,1-2H3. The van der Waals surface area contributed by atoms with Crippen LogP contribution in [0.3, 0.4) is 0 Å². The lowest BCUT2D eigenvalue weighted by Gasteiger charge is -2.41. The number of nitrogens with one attached hydrogen (secondary N) is 1. The third-order valence-corrected chi connectivity index (χ3v) is 9.29. The van der Waals surface area contributed by atoms with E-state index in [0.29, 0.717) is 28.9 Å². The Hall–Kier alpha value is -4.94. The van der Waals surface area contributed by atoms with Gasteiger partial charge in [0.1, 0.15) is 30.1 Å². The lowest BCUT2D eigenvalue weighted by Crippen LogP contribution is -2.49. The maximum Gasteiger partial charge on any atom is 0.214 e. The summed E-state index contributed by atoms with van der Waals surface area (Å²) >= 11 is 0. The van der Waals surface area contributed by atoms with E-state index in [4.69, 9.17) is 19.9 Å². The van der Waals surface area contributed by atoms with Gasteiger partial charge >= 0.3 is 0 Å². The van der Waals surface area contributed by atoms with Crippen LogP contribution in [0.15, 0.2) is 66.9 Å². The van der Waals surface area contributed by atoms with Gasteiger partial charge in [0.25, 0.3) is 0 Å². The molecule has 7 rings (SSSR count). The first-order valence-electron chi connectivity index (χ1n) is 16.7. The third kappa shape index (κ3) is 6.83. The largest absolute Gasteiger partial charge is 0.488 e. The monoisotopic (exact) mass is 670 g/mol. The van der Waals surface area contributed by atoms with Crippen LogP contribution >= 0.6 is 0 Å². The lowest BCUT2D eigenvalue weighted by molar-refractivity contribution is 0.0115. The number of ether oxygens (including phenoxy) is 3. The molecule has 4 heterocycles. The number of aromatic nitrogens is 3. The van der Waals surface area contributed by atoms with E-state index < -0.39 is 12.0 Å². The summed E-state index contributed by atoms with van der Waals surface area (Å²) in [7, 11) is 0. The van der Waals surface area contributed by atoms with E-state index in [1.54, 1.807) is 36.4 Å². The summed E-state index contributed by atoms with van der Waals surface area (Å²) in [4.78, 5) is 21.9. The van der Waals surface area contributed by atoms with Crippen LogP contribution in [0.1, 0.15) is 41.4 Å². The number of para-hydroxylation sites is 1. The van der Waals surface area contributed by atoms with E-state index in [2.05, 4.69) is 19.9 Å². The molecule has 5 aromatic rings. The van der Waals surface area contributed by atoms with Crippen LogP contribution in [-0.2, 0) is 4.74 Å². The van der Waals surface area contributed by atoms with Crippen molar-refractivity contribution in [3.63, 3.8) is 0 Å². The van der Waals surface area contributed by atoms with Crippen molar-refractivity contribution < 1.29 is 27.8 Å². The Morgan fingerprint density at radius 2 is 1.82 bits per heavy atom. The van der Waals surface area contributed by atoms with Gasteiger partial charge in [-0.1, -0.05) is 12.1 Å². The molecule has 0 saturated carbocycles. The molecule has 3 aromatic carbocycles. The Kier molecular flexibility index (Phi) is 9.24. The number of aromatic amines is 1. The highest BCUT2D eigenvalue weighted by Gasteiger charge is 2.28. The summed E-state index contributed by atoms with van der Waals surface area (Å²) in [5, 5.41) is 5.18. The highest BCUT2D eigenvalue weighted by molar-refractivity contribution is 6.12. The number of halogens is 2. The molecule has 0 spiro atoms. The fourth-order valence-corrected chi connectivity index (χ4v) is 6.66. The number of alkyl halides is 1. The van der Waals surface area contributed by atoms with Crippen molar-refractivity contribution in [1.82, 2.24) is 19.7 Å². The number of aryl methyl sites for hydroxylation is 1. The van der Waals surface area contributed by atoms with Crippen LogP contribution in [0, 0.1) is 12.7 Å². The Morgan fingerprint density at radius 1 is 1.04 bits per heavy atom. The molecule has 10 nitrogen and oxygen atoms in total. The van der Waals surface area contributed by atoms with E-state index in [9.17, 15) is 13.6 Å². The lowest BCUT2D eigenvalue weighted by atomic mass is 10.0. The normalized spacial score (nSPS) is 16.6. The van der Waals surface area contributed by atoms with E-state index in [1.807, 2.05) is 25.1 Å². The van der Waals surface area contributed by atoms with Gasteiger partial charge in [0.05, 0.1) is 42.0 Å². The molecule has 2 aliphatic rings. The van der Waals surface area contributed by atoms with Crippen LogP contribution in [0.4, 0.5) is 20.3 Å². The number of rotatable bonds is 10. The second-order valence-electron chi connectivity index (χ2n) is 12.7. The smallest absolute Gasteiger partial charge is 0.214 e. The molecule has 2 aliphatic heterocycles. The quantitative estimate of drug-likeness (QED) is 0.163. The summed E-state index contributed by atoms with van der Waals surface area (Å²) in [6.07, 6.45) is 2.34. The van der Waals surface area contributed by atoms with E-state index >= 15 is 0 Å². The molecular formula is C37H40F2N6O4. The Labute approximate surface area is 283 Å². The molecule has 12 heteroatoms. The van der Waals surface area contributed by atoms with Gasteiger partial charge < -0.3 is 29.8 Å². The maximum absolute atomic E-state index is 14.1. The molecular weight excluding hydrogens is 630 g/mol. The number of hydrogen-bond acceptors (Lipinski definition) is 8. The van der Waals surface area contributed by atoms with Crippen molar-refractivity contribution in [2.75, 3.05) is 56.6 Å². The van der Waals surface area contributed by atoms with Gasteiger partial charge in [-0.25, -0.2) is 13.5 Å². The van der Waals surface area contributed by atoms with E-state index in [0.717, 1.165) is 74.4 Å². The number of carbonyl (C=O) groups is 1. The highest BCUT2D eigenvalue weighted by atomic mass is 19.1. The van der Waals surface area contributed by atoms with Gasteiger partial charge in [0, 0.05) is 43.1 Å². The summed E-state index contributed by atoms with van der Waals surface area (Å²) in [5.74, 6) is 0.601. The first-order valence-corrected chi connectivity index (χ1v) is 16.7. The summed E-state index contributed by atoms with van der Waals surface area (Å²) in [6.45, 7) is 8.39. The van der Waals surface area contributed by atoms with Crippen LogP contribution in [0.2, 0.25) is 0 Å². The molecule has 1 atom stereocenters. The molecule has 0 amide bonds. The first-order chi connectivity index (χ1) is 23.7. The second kappa shape index (κ2) is 13.9. The zero-order valence-electron chi connectivity index (χ0n) is 27.6. The maximum atomic E-state index is 14.1. The molecule has 0 radical (unpaired) electrons. The second-order valence-corrected chi connectivity index (χ2v) is 12.7. The molecule has 49 heavy (non-hydrogen) atoms. The molecule has 2 saturated heterocycles. The minimum absolute atomic E-state index is 0.0651. The average molecular weight is 671 g/mol. The summed E-state index contributed by atoms with van der Waals surface area (Å²) < 4.78 is 46.8. The Balaban J connectivity index is 1.12. The minimum Gasteiger partial charge on any atom is -0.488 e. The Bertz CT molecular complexity index is 1960. The van der Waals surface area contributed by atoms with Crippen molar-refractivity contribution in [3.05, 3.63) is 89.5 Å². The fourth-order valence-electron chi connectivity index (χ4n) is 6.66. The van der Waals surface area contributed by atoms with Crippen molar-refractivity contribution >= 4 is 28.2 Å². The van der Waals surface area contributed by atoms with Crippen molar-refractivity contribution in [2.24, 2.45) is 0 Å². The van der Waals surface area contributed by atoms with Crippen molar-refractivity contribution in [3.8, 4) is 22.9 Å². The zero-order valence-corrected chi connectivity index (χ0v) is 27.6. The number of piperidine rings is 1. The predicted molar refractivity (Wildman–Crippen MR) is 185 cm³/mol. The van der Waals surface area contributed by atoms with Gasteiger partial charge in [-0.2, -0.15) is 5.10 Å². The topological polar surface area (TPSA) is 111 Å². The minimum atomic E-state index is -1.13. The predicted octanol–water partition coefficient (Wildman–Crippen LogP) is 6.44. The number of carbonyl (C=O) groups excluding carboxylic acids is 1. The number of fused-ring (bicyclic) bond motifs is 1. The molecule has 1 unspecified atom stereocenters.